The van der Waals surface area contributed by atoms with E-state index in [0.717, 1.165) is 31.5 Å². The number of aryl methyl sites for hydroxylation is 1. The van der Waals surface area contributed by atoms with Gasteiger partial charge in [-0.15, -0.1) is 0 Å². The molecule has 21 heavy (non-hydrogen) atoms. The van der Waals surface area contributed by atoms with E-state index in [0.29, 0.717) is 24.7 Å². The molecule has 1 saturated heterocycles. The Balaban J connectivity index is 2.03. The van der Waals surface area contributed by atoms with Gasteiger partial charge in [-0.05, 0) is 31.9 Å². The van der Waals surface area contributed by atoms with Crippen LogP contribution in [0.3, 0.4) is 0 Å². The summed E-state index contributed by atoms with van der Waals surface area (Å²) in [5.41, 5.74) is 0.968. The number of aromatic nitrogens is 1. The topological polar surface area (TPSA) is 72.4 Å². The molecular weight excluding hydrogens is 290 g/mol. The molecule has 2 heterocycles. The van der Waals surface area contributed by atoms with Crippen molar-refractivity contribution in [3.63, 3.8) is 0 Å². The largest absolute Gasteiger partial charge is 0.381 e. The van der Waals surface area contributed by atoms with Crippen LogP contribution in [0.15, 0.2) is 17.2 Å². The second-order valence-corrected chi connectivity index (χ2v) is 7.18. The van der Waals surface area contributed by atoms with E-state index in [1.54, 1.807) is 12.3 Å². The molecule has 1 aromatic rings. The molecule has 1 aliphatic rings. The Labute approximate surface area is 126 Å². The van der Waals surface area contributed by atoms with Gasteiger partial charge in [0, 0.05) is 44.7 Å². The van der Waals surface area contributed by atoms with Gasteiger partial charge in [0.15, 0.2) is 0 Å². The van der Waals surface area contributed by atoms with Gasteiger partial charge in [0.05, 0.1) is 4.90 Å². The van der Waals surface area contributed by atoms with Gasteiger partial charge in [-0.3, -0.25) is 0 Å². The van der Waals surface area contributed by atoms with Gasteiger partial charge in [-0.1, -0.05) is 6.92 Å². The van der Waals surface area contributed by atoms with Crippen LogP contribution in [-0.4, -0.2) is 38.8 Å². The molecule has 1 fully saturated rings. The molecule has 1 aromatic heterocycles. The Bertz CT molecular complexity index is 548. The number of sulfonamides is 1. The predicted octanol–water partition coefficient (Wildman–Crippen LogP) is 0.982. The van der Waals surface area contributed by atoms with Crippen LogP contribution in [0.4, 0.5) is 0 Å². The van der Waals surface area contributed by atoms with E-state index in [-0.39, 0.29) is 6.04 Å². The molecule has 2 N–H and O–H groups in total. The van der Waals surface area contributed by atoms with Crippen LogP contribution in [0.5, 0.6) is 0 Å². The Morgan fingerprint density at radius 3 is 2.76 bits per heavy atom. The fourth-order valence-electron chi connectivity index (χ4n) is 2.40. The smallest absolute Gasteiger partial charge is 0.242 e. The molecule has 0 aliphatic carbocycles. The lowest BCUT2D eigenvalue weighted by molar-refractivity contribution is 0.0832. The van der Waals surface area contributed by atoms with Crippen molar-refractivity contribution in [2.45, 2.75) is 43.7 Å². The molecule has 6 nitrogen and oxygen atoms in total. The average molecular weight is 315 g/mol. The standard InChI is InChI=1S/C14H25N3O3S/c1-3-6-15-10-13-9-14(11-17(13)2)21(18,19)16-12-4-7-20-8-5-12/h9,11-12,15-16H,3-8,10H2,1-2H3. The second kappa shape index (κ2) is 7.40. The first-order valence-corrected chi connectivity index (χ1v) is 8.97. The van der Waals surface area contributed by atoms with Gasteiger partial charge in [0.1, 0.15) is 0 Å². The summed E-state index contributed by atoms with van der Waals surface area (Å²) in [6.45, 7) is 4.94. The van der Waals surface area contributed by atoms with Crippen molar-refractivity contribution in [2.24, 2.45) is 7.05 Å². The van der Waals surface area contributed by atoms with E-state index < -0.39 is 10.0 Å². The van der Waals surface area contributed by atoms with Gasteiger partial charge in [-0.25, -0.2) is 13.1 Å². The summed E-state index contributed by atoms with van der Waals surface area (Å²) in [5.74, 6) is 0. The number of hydrogen-bond donors (Lipinski definition) is 2. The van der Waals surface area contributed by atoms with E-state index in [2.05, 4.69) is 17.0 Å². The lowest BCUT2D eigenvalue weighted by Gasteiger charge is -2.22. The van der Waals surface area contributed by atoms with Crippen LogP contribution < -0.4 is 10.0 Å². The van der Waals surface area contributed by atoms with Gasteiger partial charge in [-0.2, -0.15) is 0 Å². The number of ether oxygens (including phenoxy) is 1. The van der Waals surface area contributed by atoms with Gasteiger partial charge >= 0.3 is 0 Å². The molecule has 0 bridgehead atoms. The van der Waals surface area contributed by atoms with E-state index in [1.165, 1.54) is 0 Å². The maximum absolute atomic E-state index is 12.4. The molecule has 0 atom stereocenters. The first kappa shape index (κ1) is 16.5. The minimum absolute atomic E-state index is 0.0226. The lowest BCUT2D eigenvalue weighted by Crippen LogP contribution is -2.38. The summed E-state index contributed by atoms with van der Waals surface area (Å²) in [6.07, 6.45) is 4.19. The molecule has 0 amide bonds. The number of rotatable bonds is 7. The second-order valence-electron chi connectivity index (χ2n) is 5.46. The molecule has 0 saturated carbocycles. The maximum atomic E-state index is 12.4. The van der Waals surface area contributed by atoms with Crippen molar-refractivity contribution in [3.05, 3.63) is 18.0 Å². The van der Waals surface area contributed by atoms with Crippen molar-refractivity contribution < 1.29 is 13.2 Å². The molecule has 1 aliphatic heterocycles. The Hall–Kier alpha value is -0.890. The van der Waals surface area contributed by atoms with Crippen molar-refractivity contribution in [3.8, 4) is 0 Å². The summed E-state index contributed by atoms with van der Waals surface area (Å²) in [7, 11) is -1.57. The summed E-state index contributed by atoms with van der Waals surface area (Å²) in [4.78, 5) is 0.338. The van der Waals surface area contributed by atoms with Crippen LogP contribution >= 0.6 is 0 Å². The third kappa shape index (κ3) is 4.54. The average Bonchev–Trinajstić information content (AvgIpc) is 2.82. The van der Waals surface area contributed by atoms with Crippen LogP contribution in [0.1, 0.15) is 31.9 Å². The fourth-order valence-corrected chi connectivity index (χ4v) is 3.79. The third-order valence-corrected chi connectivity index (χ3v) is 5.16. The van der Waals surface area contributed by atoms with Crippen molar-refractivity contribution in [1.29, 1.82) is 0 Å². The van der Waals surface area contributed by atoms with E-state index in [4.69, 9.17) is 4.74 Å². The Kier molecular flexibility index (Phi) is 5.80. The quantitative estimate of drug-likeness (QED) is 0.736. The normalized spacial score (nSPS) is 17.2. The summed E-state index contributed by atoms with van der Waals surface area (Å²) >= 11 is 0. The Morgan fingerprint density at radius 1 is 1.38 bits per heavy atom. The highest BCUT2D eigenvalue weighted by Gasteiger charge is 2.23. The monoisotopic (exact) mass is 315 g/mol. The minimum atomic E-state index is -3.45. The molecular formula is C14H25N3O3S. The summed E-state index contributed by atoms with van der Waals surface area (Å²) in [6, 6.07) is 1.72. The first-order valence-electron chi connectivity index (χ1n) is 7.49. The van der Waals surface area contributed by atoms with Gasteiger partial charge in [0.25, 0.3) is 0 Å². The molecule has 0 spiro atoms. The van der Waals surface area contributed by atoms with Crippen molar-refractivity contribution >= 4 is 10.0 Å². The summed E-state index contributed by atoms with van der Waals surface area (Å²) in [5, 5.41) is 3.29. The fraction of sp³-hybridized carbons (Fsp3) is 0.714. The molecule has 7 heteroatoms. The van der Waals surface area contributed by atoms with E-state index in [9.17, 15) is 8.42 Å². The van der Waals surface area contributed by atoms with Crippen LogP contribution in [0.2, 0.25) is 0 Å². The van der Waals surface area contributed by atoms with E-state index >= 15 is 0 Å². The molecule has 2 rings (SSSR count). The molecule has 0 unspecified atom stereocenters. The van der Waals surface area contributed by atoms with Crippen LogP contribution in [0, 0.1) is 0 Å². The van der Waals surface area contributed by atoms with Crippen molar-refractivity contribution in [2.75, 3.05) is 19.8 Å². The highest BCUT2D eigenvalue weighted by Crippen LogP contribution is 2.16. The molecule has 0 aromatic carbocycles. The Morgan fingerprint density at radius 2 is 2.10 bits per heavy atom. The van der Waals surface area contributed by atoms with Gasteiger partial charge in [0.2, 0.25) is 10.0 Å². The zero-order chi connectivity index (χ0) is 15.3. The highest BCUT2D eigenvalue weighted by molar-refractivity contribution is 7.89. The first-order chi connectivity index (χ1) is 10.0. The minimum Gasteiger partial charge on any atom is -0.381 e. The SMILES string of the molecule is CCCNCc1cc(S(=O)(=O)NC2CCOCC2)cn1C. The third-order valence-electron chi connectivity index (χ3n) is 3.67. The van der Waals surface area contributed by atoms with Gasteiger partial charge < -0.3 is 14.6 Å². The van der Waals surface area contributed by atoms with Crippen LogP contribution in [-0.2, 0) is 28.4 Å². The number of nitrogens with one attached hydrogen (secondary N) is 2. The zero-order valence-electron chi connectivity index (χ0n) is 12.8. The zero-order valence-corrected chi connectivity index (χ0v) is 13.6. The molecule has 120 valence electrons. The predicted molar refractivity (Wildman–Crippen MR) is 81.6 cm³/mol. The van der Waals surface area contributed by atoms with Crippen molar-refractivity contribution in [1.82, 2.24) is 14.6 Å². The van der Waals surface area contributed by atoms with E-state index in [1.807, 2.05) is 11.6 Å². The summed E-state index contributed by atoms with van der Waals surface area (Å²) < 4.78 is 34.7. The maximum Gasteiger partial charge on any atom is 0.242 e. The highest BCUT2D eigenvalue weighted by atomic mass is 32.2. The number of hydrogen-bond acceptors (Lipinski definition) is 4. The number of nitrogens with zero attached hydrogens (tertiary/aromatic N) is 1. The molecule has 0 radical (unpaired) electrons. The lowest BCUT2D eigenvalue weighted by atomic mass is 10.1. The van der Waals surface area contributed by atoms with Crippen LogP contribution in [0.25, 0.3) is 0 Å².